The maximum absolute atomic E-state index is 13.3. The van der Waals surface area contributed by atoms with Gasteiger partial charge < -0.3 is 4.90 Å². The Balaban J connectivity index is 1.52. The van der Waals surface area contributed by atoms with Crippen LogP contribution in [0.5, 0.6) is 0 Å². The molecule has 0 N–H and O–H groups in total. The summed E-state index contributed by atoms with van der Waals surface area (Å²) in [5.74, 6) is -1.77. The standard InChI is InChI=1S/C25H27N3O4/c1-17(21-13-14-21)26(15-19-9-5-3-6-10-19)22(29)16-27-23(30)24(31)28(25(27)32)18(2)20-11-7-4-8-12-20/h3-12,17-18,21H,13-16H2,1-2H3. The lowest BCUT2D eigenvalue weighted by molar-refractivity contribution is -0.146. The molecule has 2 aliphatic rings. The minimum absolute atomic E-state index is 0.00874. The van der Waals surface area contributed by atoms with Crippen molar-refractivity contribution in [1.82, 2.24) is 14.7 Å². The van der Waals surface area contributed by atoms with E-state index in [0.717, 1.165) is 33.8 Å². The second-order valence-corrected chi connectivity index (χ2v) is 8.52. The van der Waals surface area contributed by atoms with E-state index in [4.69, 9.17) is 0 Å². The number of rotatable bonds is 8. The number of imide groups is 2. The molecule has 0 bridgehead atoms. The molecular formula is C25H27N3O4. The van der Waals surface area contributed by atoms with Crippen molar-refractivity contribution >= 4 is 23.8 Å². The minimum atomic E-state index is -0.954. The normalized spacial score (nSPS) is 18.1. The second kappa shape index (κ2) is 8.94. The van der Waals surface area contributed by atoms with Gasteiger partial charge in [-0.05, 0) is 43.7 Å². The van der Waals surface area contributed by atoms with Crippen molar-refractivity contribution in [2.75, 3.05) is 6.54 Å². The molecule has 1 saturated heterocycles. The molecule has 1 saturated carbocycles. The molecule has 2 unspecified atom stereocenters. The summed E-state index contributed by atoms with van der Waals surface area (Å²) in [6.07, 6.45) is 2.12. The Hall–Kier alpha value is -3.48. The third-order valence-corrected chi connectivity index (χ3v) is 6.36. The molecule has 0 radical (unpaired) electrons. The number of hydrogen-bond donors (Lipinski definition) is 0. The van der Waals surface area contributed by atoms with Gasteiger partial charge in [-0.3, -0.25) is 14.4 Å². The fourth-order valence-corrected chi connectivity index (χ4v) is 4.18. The van der Waals surface area contributed by atoms with Crippen molar-refractivity contribution in [3.05, 3.63) is 71.8 Å². The minimum Gasteiger partial charge on any atom is -0.334 e. The summed E-state index contributed by atoms with van der Waals surface area (Å²) in [6, 6.07) is 17.3. The number of carbonyl (C=O) groups is 4. The molecule has 0 aromatic heterocycles. The summed E-state index contributed by atoms with van der Waals surface area (Å²) < 4.78 is 0. The van der Waals surface area contributed by atoms with E-state index in [-0.39, 0.29) is 11.9 Å². The van der Waals surface area contributed by atoms with Crippen molar-refractivity contribution in [3.63, 3.8) is 0 Å². The third kappa shape index (κ3) is 4.28. The van der Waals surface area contributed by atoms with Crippen LogP contribution in [0.3, 0.4) is 0 Å². The van der Waals surface area contributed by atoms with Crippen LogP contribution in [0, 0.1) is 5.92 Å². The van der Waals surface area contributed by atoms with Crippen molar-refractivity contribution in [3.8, 4) is 0 Å². The molecule has 2 aromatic carbocycles. The highest BCUT2D eigenvalue weighted by molar-refractivity contribution is 6.45. The highest BCUT2D eigenvalue weighted by atomic mass is 16.2. The monoisotopic (exact) mass is 433 g/mol. The molecule has 1 heterocycles. The number of urea groups is 1. The number of nitrogens with zero attached hydrogens (tertiary/aromatic N) is 3. The smallest absolute Gasteiger partial charge is 0.334 e. The first kappa shape index (κ1) is 21.7. The van der Waals surface area contributed by atoms with Crippen LogP contribution in [-0.4, -0.2) is 51.0 Å². The van der Waals surface area contributed by atoms with E-state index in [9.17, 15) is 19.2 Å². The lowest BCUT2D eigenvalue weighted by atomic mass is 10.1. The van der Waals surface area contributed by atoms with Gasteiger partial charge in [-0.1, -0.05) is 60.7 Å². The Morgan fingerprint density at radius 2 is 1.53 bits per heavy atom. The summed E-state index contributed by atoms with van der Waals surface area (Å²) in [5.41, 5.74) is 1.71. The molecule has 1 aliphatic carbocycles. The fraction of sp³-hybridized carbons (Fsp3) is 0.360. The largest absolute Gasteiger partial charge is 0.335 e. The van der Waals surface area contributed by atoms with Crippen molar-refractivity contribution in [1.29, 1.82) is 0 Å². The average molecular weight is 434 g/mol. The van der Waals surface area contributed by atoms with Gasteiger partial charge in [-0.25, -0.2) is 14.6 Å². The molecule has 7 heteroatoms. The van der Waals surface area contributed by atoms with E-state index in [1.165, 1.54) is 0 Å². The van der Waals surface area contributed by atoms with Crippen LogP contribution in [0.2, 0.25) is 0 Å². The van der Waals surface area contributed by atoms with E-state index in [0.29, 0.717) is 12.5 Å². The Bertz CT molecular complexity index is 1020. The van der Waals surface area contributed by atoms with Gasteiger partial charge in [-0.15, -0.1) is 0 Å². The predicted molar refractivity (Wildman–Crippen MR) is 118 cm³/mol. The lowest BCUT2D eigenvalue weighted by Gasteiger charge is -2.31. The van der Waals surface area contributed by atoms with Crippen molar-refractivity contribution in [2.45, 2.75) is 45.3 Å². The first-order valence-electron chi connectivity index (χ1n) is 11.0. The van der Waals surface area contributed by atoms with E-state index in [1.54, 1.807) is 36.1 Å². The van der Waals surface area contributed by atoms with Gasteiger partial charge in [0, 0.05) is 12.6 Å². The van der Waals surface area contributed by atoms with Gasteiger partial charge in [0.1, 0.15) is 6.54 Å². The summed E-state index contributed by atoms with van der Waals surface area (Å²) in [6.45, 7) is 3.65. The van der Waals surface area contributed by atoms with Gasteiger partial charge in [0.25, 0.3) is 0 Å². The van der Waals surface area contributed by atoms with Crippen LogP contribution >= 0.6 is 0 Å². The number of amides is 5. The van der Waals surface area contributed by atoms with Gasteiger partial charge in [0.2, 0.25) is 5.91 Å². The maximum Gasteiger partial charge on any atom is 0.335 e. The van der Waals surface area contributed by atoms with E-state index in [2.05, 4.69) is 0 Å². The Morgan fingerprint density at radius 1 is 0.938 bits per heavy atom. The lowest BCUT2D eigenvalue weighted by Crippen LogP contribution is -2.47. The molecule has 7 nitrogen and oxygen atoms in total. The summed E-state index contributed by atoms with van der Waals surface area (Å²) in [5, 5.41) is 0. The summed E-state index contributed by atoms with van der Waals surface area (Å²) >= 11 is 0. The van der Waals surface area contributed by atoms with Gasteiger partial charge in [-0.2, -0.15) is 0 Å². The Labute approximate surface area is 187 Å². The molecule has 2 atom stereocenters. The van der Waals surface area contributed by atoms with Gasteiger partial charge in [0.05, 0.1) is 6.04 Å². The van der Waals surface area contributed by atoms with E-state index < -0.39 is 30.4 Å². The SMILES string of the molecule is CC(C1CC1)N(Cc1ccccc1)C(=O)CN1C(=O)C(=O)N(C(C)c2ccccc2)C1=O. The molecular weight excluding hydrogens is 406 g/mol. The first-order chi connectivity index (χ1) is 15.4. The maximum atomic E-state index is 13.3. The zero-order valence-electron chi connectivity index (χ0n) is 18.3. The molecule has 1 aliphatic heterocycles. The predicted octanol–water partition coefficient (Wildman–Crippen LogP) is 3.37. The van der Waals surface area contributed by atoms with Crippen LogP contribution in [0.4, 0.5) is 4.79 Å². The van der Waals surface area contributed by atoms with E-state index >= 15 is 0 Å². The van der Waals surface area contributed by atoms with Crippen molar-refractivity contribution in [2.24, 2.45) is 5.92 Å². The Kier molecular flexibility index (Phi) is 6.08. The fourth-order valence-electron chi connectivity index (χ4n) is 4.18. The number of benzene rings is 2. The quantitative estimate of drug-likeness (QED) is 0.472. The number of carbonyl (C=O) groups excluding carboxylic acids is 4. The Morgan fingerprint density at radius 3 is 2.12 bits per heavy atom. The van der Waals surface area contributed by atoms with Gasteiger partial charge in [0.15, 0.2) is 0 Å². The zero-order chi connectivity index (χ0) is 22.8. The van der Waals surface area contributed by atoms with Crippen LogP contribution in [0.1, 0.15) is 43.9 Å². The molecule has 0 spiro atoms. The molecule has 4 rings (SSSR count). The molecule has 166 valence electrons. The van der Waals surface area contributed by atoms with Crippen LogP contribution in [-0.2, 0) is 20.9 Å². The highest BCUT2D eigenvalue weighted by Crippen LogP contribution is 2.36. The summed E-state index contributed by atoms with van der Waals surface area (Å²) in [7, 11) is 0. The highest BCUT2D eigenvalue weighted by Gasteiger charge is 2.48. The van der Waals surface area contributed by atoms with Crippen LogP contribution in [0.15, 0.2) is 60.7 Å². The van der Waals surface area contributed by atoms with E-state index in [1.807, 2.05) is 43.3 Å². The molecule has 5 amide bonds. The topological polar surface area (TPSA) is 78.0 Å². The summed E-state index contributed by atoms with van der Waals surface area (Å²) in [4.78, 5) is 55.0. The molecule has 2 aromatic rings. The van der Waals surface area contributed by atoms with Crippen LogP contribution < -0.4 is 0 Å². The second-order valence-electron chi connectivity index (χ2n) is 8.52. The van der Waals surface area contributed by atoms with Gasteiger partial charge >= 0.3 is 17.8 Å². The van der Waals surface area contributed by atoms with Crippen LogP contribution in [0.25, 0.3) is 0 Å². The molecule has 32 heavy (non-hydrogen) atoms. The first-order valence-corrected chi connectivity index (χ1v) is 11.0. The average Bonchev–Trinajstić information content (AvgIpc) is 3.64. The van der Waals surface area contributed by atoms with Crippen molar-refractivity contribution < 1.29 is 19.2 Å². The third-order valence-electron chi connectivity index (χ3n) is 6.36. The zero-order valence-corrected chi connectivity index (χ0v) is 18.3. The molecule has 2 fully saturated rings. The number of hydrogen-bond acceptors (Lipinski definition) is 4.